The maximum atomic E-state index is 14.1. The van der Waals surface area contributed by atoms with E-state index < -0.39 is 72.4 Å². The number of nitrogens with one attached hydrogen (secondary N) is 3. The standard InChI is InChI=1S/C56H89N5O17/c1-39-16-14-19-49(72-8)56(70,59-54(67)68)23-21-40(2)35-46(62)48(38-52(65)61(6)45-36-43(34-39)37-47(71-7)41(45)3)78-53(66)42(4)60(5)51(64)20-15-24-57-50(63)22-26-73-28-30-75-32-33-76-31-29-74-27-25-58-55(69)77-44-17-12-10-9-11-13-18-44/h9-10,14,16,19,36-37,40,42,44,46,48-49,59,62,70H,11-13,15,17-18,20-35,38H2,1-8H3,(H,57,63)(H,58,69)(H,67,68)/b10-9+,19-14+,39-16+/t40-,42+,44?,46?,48+,49-,56+/m1/s1. The minimum Gasteiger partial charge on any atom is -0.496 e. The highest BCUT2D eigenvalue weighted by Gasteiger charge is 2.39. The molecule has 1 aromatic rings. The molecule has 0 spiro atoms. The molecule has 7 atom stereocenters. The van der Waals surface area contributed by atoms with Crippen LogP contribution in [0.25, 0.3) is 0 Å². The molecule has 2 bridgehead atoms. The zero-order valence-electron chi connectivity index (χ0n) is 47.2. The summed E-state index contributed by atoms with van der Waals surface area (Å²) in [5, 5.41) is 40.6. The molecule has 22 heteroatoms. The Morgan fingerprint density at radius 3 is 2.21 bits per heavy atom. The number of carboxylic acid groups (broad SMARTS) is 1. The number of aliphatic hydroxyl groups excluding tert-OH is 1. The average molecular weight is 1100 g/mol. The molecule has 0 saturated carbocycles. The van der Waals surface area contributed by atoms with E-state index in [0.717, 1.165) is 43.2 Å². The number of hydrogen-bond acceptors (Lipinski definition) is 16. The molecule has 78 heavy (non-hydrogen) atoms. The van der Waals surface area contributed by atoms with Crippen LogP contribution in [-0.2, 0) is 58.8 Å². The lowest BCUT2D eigenvalue weighted by molar-refractivity contribution is -0.165. The van der Waals surface area contributed by atoms with Gasteiger partial charge in [0.05, 0.1) is 78.2 Å². The van der Waals surface area contributed by atoms with Crippen molar-refractivity contribution in [1.29, 1.82) is 0 Å². The fraction of sp³-hybridized carbons (Fsp3) is 0.679. The van der Waals surface area contributed by atoms with Gasteiger partial charge in [0, 0.05) is 52.7 Å². The van der Waals surface area contributed by atoms with Crippen LogP contribution < -0.4 is 25.6 Å². The first-order valence-electron chi connectivity index (χ1n) is 27.1. The molecule has 0 fully saturated rings. The number of nitrogens with zero attached hydrogens (tertiary/aromatic N) is 2. The monoisotopic (exact) mass is 1100 g/mol. The van der Waals surface area contributed by atoms with E-state index in [1.165, 1.54) is 38.0 Å². The van der Waals surface area contributed by atoms with Crippen LogP contribution in [0.15, 0.2) is 48.1 Å². The molecule has 5 amide bonds. The minimum atomic E-state index is -2.06. The Kier molecular flexibility index (Phi) is 31.2. The number of carbonyl (C=O) groups excluding carboxylic acids is 5. The van der Waals surface area contributed by atoms with Gasteiger partial charge in [-0.25, -0.2) is 14.4 Å². The Morgan fingerprint density at radius 1 is 0.872 bits per heavy atom. The second kappa shape index (κ2) is 36.5. The number of alkyl carbamates (subject to hydrolysis) is 1. The zero-order chi connectivity index (χ0) is 57.5. The third kappa shape index (κ3) is 25.0. The highest BCUT2D eigenvalue weighted by atomic mass is 16.6. The van der Waals surface area contributed by atoms with Crippen molar-refractivity contribution in [1.82, 2.24) is 20.9 Å². The van der Waals surface area contributed by atoms with Gasteiger partial charge in [-0.05, 0) is 109 Å². The third-order valence-corrected chi connectivity index (χ3v) is 13.6. The van der Waals surface area contributed by atoms with Crippen molar-refractivity contribution in [3.63, 3.8) is 0 Å². The lowest BCUT2D eigenvalue weighted by Gasteiger charge is -2.35. The Hall–Kier alpha value is -5.62. The second-order valence-corrected chi connectivity index (χ2v) is 19.9. The van der Waals surface area contributed by atoms with Crippen LogP contribution in [0, 0.1) is 12.8 Å². The number of amides is 5. The quantitative estimate of drug-likeness (QED) is 0.0298. The summed E-state index contributed by atoms with van der Waals surface area (Å²) < 4.78 is 44.6. The fourth-order valence-electron chi connectivity index (χ4n) is 8.78. The predicted octanol–water partition coefficient (Wildman–Crippen LogP) is 5.28. The maximum Gasteiger partial charge on any atom is 0.407 e. The van der Waals surface area contributed by atoms with E-state index in [9.17, 15) is 44.1 Å². The van der Waals surface area contributed by atoms with Gasteiger partial charge in [-0.3, -0.25) is 19.7 Å². The van der Waals surface area contributed by atoms with Gasteiger partial charge in [0.1, 0.15) is 30.1 Å². The number of allylic oxidation sites excluding steroid dienone is 5. The number of benzene rings is 1. The summed E-state index contributed by atoms with van der Waals surface area (Å²) in [7, 11) is 5.90. The first-order chi connectivity index (χ1) is 37.3. The molecular weight excluding hydrogens is 1010 g/mol. The summed E-state index contributed by atoms with van der Waals surface area (Å²) >= 11 is 0. The van der Waals surface area contributed by atoms with Crippen molar-refractivity contribution < 1.29 is 82.0 Å². The molecule has 0 aromatic heterocycles. The molecule has 0 radical (unpaired) electrons. The summed E-state index contributed by atoms with van der Waals surface area (Å²) in [6.45, 7) is 10.1. The van der Waals surface area contributed by atoms with Crippen molar-refractivity contribution in [3.8, 4) is 5.75 Å². The number of esters is 1. The Bertz CT molecular complexity index is 2120. The normalized spacial score (nSPS) is 23.5. The van der Waals surface area contributed by atoms with Gasteiger partial charge in [-0.1, -0.05) is 42.9 Å². The number of ether oxygens (including phenoxy) is 8. The zero-order valence-corrected chi connectivity index (χ0v) is 47.2. The van der Waals surface area contributed by atoms with Crippen molar-refractivity contribution >= 4 is 41.6 Å². The van der Waals surface area contributed by atoms with Crippen molar-refractivity contribution in [2.45, 2.75) is 147 Å². The summed E-state index contributed by atoms with van der Waals surface area (Å²) in [6.07, 6.45) is 8.64. The van der Waals surface area contributed by atoms with E-state index in [2.05, 4.69) is 28.1 Å². The van der Waals surface area contributed by atoms with Crippen LogP contribution in [0.1, 0.15) is 109 Å². The van der Waals surface area contributed by atoms with Gasteiger partial charge < -0.3 is 73.6 Å². The van der Waals surface area contributed by atoms with Crippen molar-refractivity contribution in [2.24, 2.45) is 5.92 Å². The van der Waals surface area contributed by atoms with Gasteiger partial charge in [0.2, 0.25) is 17.7 Å². The van der Waals surface area contributed by atoms with Crippen LogP contribution in [0.2, 0.25) is 0 Å². The lowest BCUT2D eigenvalue weighted by Crippen LogP contribution is -2.56. The Balaban J connectivity index is 1.42. The molecule has 2 unspecified atom stereocenters. The predicted molar refractivity (Wildman–Crippen MR) is 291 cm³/mol. The van der Waals surface area contributed by atoms with Gasteiger partial charge in [0.15, 0.2) is 5.72 Å². The largest absolute Gasteiger partial charge is 0.496 e. The first-order valence-corrected chi connectivity index (χ1v) is 27.1. The third-order valence-electron chi connectivity index (χ3n) is 13.6. The number of rotatable bonds is 26. The summed E-state index contributed by atoms with van der Waals surface area (Å²) in [4.78, 5) is 80.1. The van der Waals surface area contributed by atoms with Crippen molar-refractivity contribution in [2.75, 3.05) is 99.2 Å². The summed E-state index contributed by atoms with van der Waals surface area (Å²) in [5.74, 6) is -1.86. The van der Waals surface area contributed by atoms with Crippen LogP contribution in [0.4, 0.5) is 15.3 Å². The van der Waals surface area contributed by atoms with E-state index in [1.807, 2.05) is 32.1 Å². The molecule has 1 heterocycles. The van der Waals surface area contributed by atoms with Crippen LogP contribution >= 0.6 is 0 Å². The SMILES string of the molecule is COc1cc2cc(c1C)N(C)C(=O)C[C@H](OC(=O)[C@H](C)N(C)C(=O)CCCNC(=O)CCOCCOCCOCCOCCNC(=O)OC1CC/C=C/CCC1)C(O)C[C@H](C)CC[C@@](O)(NC(=O)O)[C@H](OC)/C=C/C=C(\C)C2. The van der Waals surface area contributed by atoms with E-state index in [0.29, 0.717) is 69.6 Å². The van der Waals surface area contributed by atoms with Gasteiger partial charge in [0.25, 0.3) is 0 Å². The number of aliphatic hydroxyl groups is 2. The molecule has 22 nitrogen and oxygen atoms in total. The first kappa shape index (κ1) is 66.7. The molecule has 1 aliphatic carbocycles. The van der Waals surface area contributed by atoms with Gasteiger partial charge in [-0.15, -0.1) is 0 Å². The molecular formula is C56H89N5O17. The smallest absolute Gasteiger partial charge is 0.407 e. The average Bonchev–Trinajstić information content (AvgIpc) is 3.39. The van der Waals surface area contributed by atoms with Gasteiger partial charge in [-0.2, -0.15) is 0 Å². The number of fused-ring (bicyclic) bond motifs is 2. The van der Waals surface area contributed by atoms with Crippen LogP contribution in [0.3, 0.4) is 0 Å². The van der Waals surface area contributed by atoms with Crippen LogP contribution in [0.5, 0.6) is 5.75 Å². The number of methoxy groups -OCH3 is 2. The molecule has 440 valence electrons. The summed E-state index contributed by atoms with van der Waals surface area (Å²) in [5.41, 5.74) is 0.863. The topological polar surface area (TPSA) is 280 Å². The minimum absolute atomic E-state index is 0.000181. The second-order valence-electron chi connectivity index (χ2n) is 19.9. The Labute approximate surface area is 460 Å². The highest BCUT2D eigenvalue weighted by Crippen LogP contribution is 2.33. The molecule has 6 N–H and O–H groups in total. The maximum absolute atomic E-state index is 14.1. The Morgan fingerprint density at radius 2 is 1.54 bits per heavy atom. The van der Waals surface area contributed by atoms with Crippen molar-refractivity contribution in [3.05, 3.63) is 59.2 Å². The molecule has 2 aliphatic rings. The van der Waals surface area contributed by atoms with E-state index >= 15 is 0 Å². The number of hydrogen-bond donors (Lipinski definition) is 6. The van der Waals surface area contributed by atoms with Gasteiger partial charge >= 0.3 is 18.2 Å². The number of carbonyl (C=O) groups is 6. The van der Waals surface area contributed by atoms with E-state index in [-0.39, 0.29) is 70.3 Å². The lowest BCUT2D eigenvalue weighted by atomic mass is 9.90. The molecule has 0 saturated heterocycles. The molecule has 1 aromatic carbocycles. The number of anilines is 1. The van der Waals surface area contributed by atoms with Crippen LogP contribution in [-0.4, -0.2) is 187 Å². The van der Waals surface area contributed by atoms with E-state index in [1.54, 1.807) is 26.1 Å². The summed E-state index contributed by atoms with van der Waals surface area (Å²) in [6, 6.07) is 2.59. The number of likely N-dealkylation sites (N-methyl/N-ethyl adjacent to an activating group) is 1. The molecule has 1 aliphatic heterocycles. The highest BCUT2D eigenvalue weighted by molar-refractivity contribution is 5.94. The fourth-order valence-corrected chi connectivity index (χ4v) is 8.78. The molecule has 3 rings (SSSR count). The van der Waals surface area contributed by atoms with E-state index in [4.69, 9.17) is 37.9 Å².